The summed E-state index contributed by atoms with van der Waals surface area (Å²) in [6.07, 6.45) is 5.75. The number of nitrogens with zero attached hydrogens (tertiary/aromatic N) is 1. The molecule has 1 aliphatic heterocycles. The quantitative estimate of drug-likeness (QED) is 0.783. The Hall–Kier alpha value is -0.620. The zero-order valence-electron chi connectivity index (χ0n) is 9.84. The minimum atomic E-state index is -0.581. The molecule has 90 valence electrons. The van der Waals surface area contributed by atoms with E-state index in [4.69, 9.17) is 0 Å². The van der Waals surface area contributed by atoms with Crippen molar-refractivity contribution in [1.82, 2.24) is 5.32 Å². The number of hydrogen-bond acceptors (Lipinski definition) is 2. The Morgan fingerprint density at radius 3 is 2.38 bits per heavy atom. The molecule has 0 aromatic rings. The van der Waals surface area contributed by atoms with E-state index in [9.17, 15) is 9.65 Å². The summed E-state index contributed by atoms with van der Waals surface area (Å²) in [5.41, 5.74) is -0.112. The third-order valence-electron chi connectivity index (χ3n) is 4.25. The highest BCUT2D eigenvalue weighted by molar-refractivity contribution is 5.02. The number of rotatable bonds is 2. The Morgan fingerprint density at radius 1 is 1.19 bits per heavy atom. The zero-order chi connectivity index (χ0) is 11.4. The first-order valence-corrected chi connectivity index (χ1v) is 6.50. The van der Waals surface area contributed by atoms with Gasteiger partial charge in [0.05, 0.1) is 11.5 Å². The van der Waals surface area contributed by atoms with Crippen LogP contribution in [0.3, 0.4) is 0 Å². The average molecular weight is 224 g/mol. The fourth-order valence-corrected chi connectivity index (χ4v) is 3.15. The number of hydrogen-bond donors (Lipinski definition) is 1. The van der Waals surface area contributed by atoms with Gasteiger partial charge in [0, 0.05) is 0 Å². The highest BCUT2D eigenvalue weighted by Gasteiger charge is 2.35. The molecule has 1 N–H and O–H groups in total. The Balaban J connectivity index is 1.89. The molecule has 0 unspecified atom stereocenters. The van der Waals surface area contributed by atoms with Gasteiger partial charge in [0.15, 0.2) is 0 Å². The molecule has 0 aromatic carbocycles. The van der Waals surface area contributed by atoms with E-state index >= 15 is 0 Å². The molecule has 0 spiro atoms. The van der Waals surface area contributed by atoms with Crippen LogP contribution in [0.25, 0.3) is 0 Å². The third kappa shape index (κ3) is 2.74. The van der Waals surface area contributed by atoms with E-state index in [1.807, 2.05) is 0 Å². The van der Waals surface area contributed by atoms with Gasteiger partial charge >= 0.3 is 0 Å². The second kappa shape index (κ2) is 5.14. The Bertz CT molecular complexity index is 258. The molecule has 0 radical (unpaired) electrons. The van der Waals surface area contributed by atoms with Gasteiger partial charge in [-0.2, -0.15) is 5.26 Å². The van der Waals surface area contributed by atoms with Gasteiger partial charge in [0.1, 0.15) is 6.17 Å². The Kier molecular flexibility index (Phi) is 3.81. The van der Waals surface area contributed by atoms with Crippen LogP contribution < -0.4 is 5.32 Å². The normalized spacial score (nSPS) is 34.2. The van der Waals surface area contributed by atoms with Gasteiger partial charge in [-0.3, -0.25) is 0 Å². The van der Waals surface area contributed by atoms with Crippen molar-refractivity contribution in [2.45, 2.75) is 51.1 Å². The summed E-state index contributed by atoms with van der Waals surface area (Å²) in [5.74, 6) is 0.588. The molecule has 3 heteroatoms. The number of alkyl halides is 1. The fourth-order valence-electron chi connectivity index (χ4n) is 3.15. The lowest BCUT2D eigenvalue weighted by Crippen LogP contribution is -2.37. The molecule has 1 saturated heterocycles. The molecule has 1 heterocycles. The lowest BCUT2D eigenvalue weighted by atomic mass is 9.70. The lowest BCUT2D eigenvalue weighted by molar-refractivity contribution is 0.152. The average Bonchev–Trinajstić information content (AvgIpc) is 2.33. The van der Waals surface area contributed by atoms with Gasteiger partial charge in [-0.15, -0.1) is 0 Å². The Morgan fingerprint density at radius 2 is 1.81 bits per heavy atom. The van der Waals surface area contributed by atoms with Crippen molar-refractivity contribution in [1.29, 1.82) is 5.26 Å². The first kappa shape index (κ1) is 11.9. The number of halogens is 1. The van der Waals surface area contributed by atoms with E-state index in [-0.39, 0.29) is 5.41 Å². The minimum absolute atomic E-state index is 0.112. The van der Waals surface area contributed by atoms with E-state index in [0.717, 1.165) is 45.2 Å². The van der Waals surface area contributed by atoms with E-state index in [2.05, 4.69) is 11.4 Å². The number of nitriles is 1. The highest BCUT2D eigenvalue weighted by Crippen LogP contribution is 2.40. The third-order valence-corrected chi connectivity index (χ3v) is 4.25. The molecular weight excluding hydrogens is 203 g/mol. The second-order valence-corrected chi connectivity index (χ2v) is 5.46. The molecule has 0 aromatic heterocycles. The molecule has 2 aliphatic rings. The summed E-state index contributed by atoms with van der Waals surface area (Å²) < 4.78 is 13.0. The van der Waals surface area contributed by atoms with Crippen molar-refractivity contribution in [3.05, 3.63) is 0 Å². The highest BCUT2D eigenvalue weighted by atomic mass is 19.1. The second-order valence-electron chi connectivity index (χ2n) is 5.46. The van der Waals surface area contributed by atoms with Gasteiger partial charge in [-0.1, -0.05) is 0 Å². The van der Waals surface area contributed by atoms with Gasteiger partial charge in [0.25, 0.3) is 0 Å². The van der Waals surface area contributed by atoms with E-state index in [0.29, 0.717) is 18.8 Å². The molecular formula is C13H21FN2. The summed E-state index contributed by atoms with van der Waals surface area (Å²) in [6.45, 7) is 1.93. The van der Waals surface area contributed by atoms with E-state index in [1.54, 1.807) is 0 Å². The minimum Gasteiger partial charge on any atom is -0.317 e. The monoisotopic (exact) mass is 224 g/mol. The van der Waals surface area contributed by atoms with Crippen LogP contribution in [0.2, 0.25) is 0 Å². The molecule has 16 heavy (non-hydrogen) atoms. The maximum atomic E-state index is 13.0. The number of piperidine rings is 1. The summed E-state index contributed by atoms with van der Waals surface area (Å²) in [7, 11) is 0. The van der Waals surface area contributed by atoms with Crippen LogP contribution in [0, 0.1) is 22.7 Å². The molecule has 2 fully saturated rings. The first-order valence-electron chi connectivity index (χ1n) is 6.50. The van der Waals surface area contributed by atoms with Crippen LogP contribution >= 0.6 is 0 Å². The van der Waals surface area contributed by atoms with Crippen molar-refractivity contribution in [3.63, 3.8) is 0 Å². The lowest BCUT2D eigenvalue weighted by Gasteiger charge is -2.36. The van der Waals surface area contributed by atoms with Crippen LogP contribution in [-0.2, 0) is 0 Å². The van der Waals surface area contributed by atoms with Crippen LogP contribution in [-0.4, -0.2) is 19.3 Å². The van der Waals surface area contributed by atoms with E-state index < -0.39 is 6.17 Å². The van der Waals surface area contributed by atoms with Crippen molar-refractivity contribution in [2.24, 2.45) is 11.3 Å². The van der Waals surface area contributed by atoms with Gasteiger partial charge in [-0.05, 0) is 64.0 Å². The fraction of sp³-hybridized carbons (Fsp3) is 0.923. The van der Waals surface area contributed by atoms with Crippen molar-refractivity contribution in [2.75, 3.05) is 13.1 Å². The first-order chi connectivity index (χ1) is 7.74. The molecule has 1 aliphatic carbocycles. The summed E-state index contributed by atoms with van der Waals surface area (Å²) >= 11 is 0. The van der Waals surface area contributed by atoms with E-state index in [1.165, 1.54) is 0 Å². The van der Waals surface area contributed by atoms with Crippen molar-refractivity contribution in [3.8, 4) is 6.07 Å². The zero-order valence-corrected chi connectivity index (χ0v) is 9.84. The van der Waals surface area contributed by atoms with Crippen LogP contribution in [0.4, 0.5) is 4.39 Å². The molecule has 2 rings (SSSR count). The van der Waals surface area contributed by atoms with Crippen LogP contribution in [0.5, 0.6) is 0 Å². The standard InChI is InChI=1S/C13H21FN2/c14-12-3-1-11(2-4-12)9-13(10-15)5-7-16-8-6-13/h11-12,16H,1-9H2. The maximum Gasteiger partial charge on any atom is 0.100 e. The van der Waals surface area contributed by atoms with Crippen LogP contribution in [0.1, 0.15) is 44.9 Å². The molecule has 1 saturated carbocycles. The van der Waals surface area contributed by atoms with Gasteiger partial charge in [0.2, 0.25) is 0 Å². The van der Waals surface area contributed by atoms with Crippen molar-refractivity contribution < 1.29 is 4.39 Å². The van der Waals surface area contributed by atoms with Gasteiger partial charge < -0.3 is 5.32 Å². The maximum absolute atomic E-state index is 13.0. The molecule has 2 nitrogen and oxygen atoms in total. The summed E-state index contributed by atoms with van der Waals surface area (Å²) in [5, 5.41) is 12.7. The Labute approximate surface area is 97.2 Å². The summed E-state index contributed by atoms with van der Waals surface area (Å²) in [4.78, 5) is 0. The van der Waals surface area contributed by atoms with Crippen molar-refractivity contribution >= 4 is 0 Å². The topological polar surface area (TPSA) is 35.8 Å². The summed E-state index contributed by atoms with van der Waals surface area (Å²) in [6, 6.07) is 2.54. The largest absolute Gasteiger partial charge is 0.317 e. The predicted octanol–water partition coefficient (Wildman–Crippen LogP) is 2.80. The molecule has 0 amide bonds. The smallest absolute Gasteiger partial charge is 0.100 e. The van der Waals surface area contributed by atoms with Gasteiger partial charge in [-0.25, -0.2) is 4.39 Å². The molecule has 0 bridgehead atoms. The number of nitrogens with one attached hydrogen (secondary N) is 1. The predicted molar refractivity (Wildman–Crippen MR) is 61.6 cm³/mol. The SMILES string of the molecule is N#CC1(CC2CCC(F)CC2)CCNCC1. The molecule has 0 atom stereocenters. The van der Waals surface area contributed by atoms with Crippen LogP contribution in [0.15, 0.2) is 0 Å².